The van der Waals surface area contributed by atoms with Crippen molar-refractivity contribution in [2.45, 2.75) is 51.0 Å². The number of hydrogen-bond donors (Lipinski definition) is 2. The van der Waals surface area contributed by atoms with Gasteiger partial charge in [0.1, 0.15) is 0 Å². The Balaban J connectivity index is 0.000000858. The molecule has 0 saturated carbocycles. The number of aromatic nitrogens is 2. The Kier molecular flexibility index (Phi) is 8.60. The van der Waals surface area contributed by atoms with E-state index < -0.39 is 0 Å². The molecule has 1 aromatic rings. The molecule has 3 fully saturated rings. The van der Waals surface area contributed by atoms with Crippen LogP contribution in [0.1, 0.15) is 44.9 Å². The van der Waals surface area contributed by atoms with Gasteiger partial charge in [0.15, 0.2) is 0 Å². The van der Waals surface area contributed by atoms with Crippen LogP contribution in [0.3, 0.4) is 0 Å². The van der Waals surface area contributed by atoms with Gasteiger partial charge in [-0.2, -0.15) is 0 Å². The van der Waals surface area contributed by atoms with Gasteiger partial charge in [0.2, 0.25) is 11.9 Å². The van der Waals surface area contributed by atoms with E-state index >= 15 is 0 Å². The Morgan fingerprint density at radius 2 is 1.84 bits per heavy atom. The molecule has 4 heterocycles. The number of nitrogens with zero attached hydrogens (tertiary/aromatic N) is 5. The minimum absolute atomic E-state index is 0.249. The third-order valence-electron chi connectivity index (χ3n) is 6.74. The molecule has 0 aromatic carbocycles. The molecular formula is C22H35N5O4. The van der Waals surface area contributed by atoms with Gasteiger partial charge in [-0.15, -0.1) is 0 Å². The maximum Gasteiger partial charge on any atom is 0.290 e. The van der Waals surface area contributed by atoms with Crippen LogP contribution in [0.2, 0.25) is 0 Å². The Hall–Kier alpha value is -2.26. The zero-order chi connectivity index (χ0) is 22.1. The van der Waals surface area contributed by atoms with E-state index in [1.165, 1.54) is 25.9 Å². The lowest BCUT2D eigenvalue weighted by atomic mass is 9.71. The van der Waals surface area contributed by atoms with Gasteiger partial charge in [-0.25, -0.2) is 9.97 Å². The number of anilines is 1. The first kappa shape index (κ1) is 23.4. The van der Waals surface area contributed by atoms with Crippen molar-refractivity contribution in [3.63, 3.8) is 0 Å². The molecule has 0 radical (unpaired) electrons. The number of carbonyl (C=O) groups is 2. The van der Waals surface area contributed by atoms with Gasteiger partial charge >= 0.3 is 0 Å². The summed E-state index contributed by atoms with van der Waals surface area (Å²) in [5, 5.41) is 17.7. The molecule has 2 atom stereocenters. The first-order valence-electron chi connectivity index (χ1n) is 11.4. The van der Waals surface area contributed by atoms with E-state index in [1.807, 2.05) is 11.0 Å². The van der Waals surface area contributed by atoms with Crippen LogP contribution in [-0.2, 0) is 9.59 Å². The average molecular weight is 434 g/mol. The van der Waals surface area contributed by atoms with Crippen LogP contribution in [0.25, 0.3) is 0 Å². The molecule has 1 amide bonds. The molecule has 4 rings (SSSR count). The summed E-state index contributed by atoms with van der Waals surface area (Å²) in [6, 6.07) is 1.82. The molecule has 3 saturated heterocycles. The summed E-state index contributed by atoms with van der Waals surface area (Å²) in [4.78, 5) is 36.6. The molecule has 1 aromatic heterocycles. The zero-order valence-electron chi connectivity index (χ0n) is 18.2. The highest BCUT2D eigenvalue weighted by atomic mass is 16.3. The second-order valence-electron chi connectivity index (χ2n) is 8.81. The Labute approximate surface area is 184 Å². The Morgan fingerprint density at radius 3 is 2.55 bits per heavy atom. The minimum atomic E-state index is -0.368. The fraction of sp³-hybridized carbons (Fsp3) is 0.727. The summed E-state index contributed by atoms with van der Waals surface area (Å²) in [7, 11) is 0. The zero-order valence-corrected chi connectivity index (χ0v) is 18.2. The van der Waals surface area contributed by atoms with Crippen LogP contribution < -0.4 is 4.90 Å². The Bertz CT molecular complexity index is 700. The summed E-state index contributed by atoms with van der Waals surface area (Å²) in [5.74, 6) is 0.974. The predicted octanol–water partition coefficient (Wildman–Crippen LogP) is 1.23. The van der Waals surface area contributed by atoms with Gasteiger partial charge in [0.05, 0.1) is 6.10 Å². The van der Waals surface area contributed by atoms with Gasteiger partial charge in [0, 0.05) is 50.4 Å². The highest BCUT2D eigenvalue weighted by Crippen LogP contribution is 2.39. The average Bonchev–Trinajstić information content (AvgIpc) is 3.31. The van der Waals surface area contributed by atoms with E-state index in [1.54, 1.807) is 12.4 Å². The molecular weight excluding hydrogens is 398 g/mol. The Morgan fingerprint density at radius 1 is 1.13 bits per heavy atom. The van der Waals surface area contributed by atoms with E-state index in [0.29, 0.717) is 19.4 Å². The fourth-order valence-corrected chi connectivity index (χ4v) is 5.17. The van der Waals surface area contributed by atoms with Crippen molar-refractivity contribution in [2.75, 3.05) is 50.7 Å². The van der Waals surface area contributed by atoms with Gasteiger partial charge in [-0.05, 0) is 64.2 Å². The number of carbonyl (C=O) groups excluding carboxylic acids is 1. The third-order valence-corrected chi connectivity index (χ3v) is 6.74. The van der Waals surface area contributed by atoms with Crippen molar-refractivity contribution in [1.29, 1.82) is 0 Å². The summed E-state index contributed by atoms with van der Waals surface area (Å²) >= 11 is 0. The molecule has 2 N–H and O–H groups in total. The molecule has 1 spiro atoms. The van der Waals surface area contributed by atoms with E-state index in [0.717, 1.165) is 51.4 Å². The van der Waals surface area contributed by atoms with E-state index in [9.17, 15) is 9.90 Å². The van der Waals surface area contributed by atoms with Crippen molar-refractivity contribution in [3.8, 4) is 0 Å². The van der Waals surface area contributed by atoms with E-state index in [-0.39, 0.29) is 23.9 Å². The first-order valence-corrected chi connectivity index (χ1v) is 11.4. The lowest BCUT2D eigenvalue weighted by Gasteiger charge is -2.51. The summed E-state index contributed by atoms with van der Waals surface area (Å²) < 4.78 is 0. The molecule has 0 unspecified atom stereocenters. The molecule has 3 aliphatic heterocycles. The number of aliphatic hydroxyl groups excluding tert-OH is 1. The van der Waals surface area contributed by atoms with Gasteiger partial charge in [-0.1, -0.05) is 0 Å². The molecule has 31 heavy (non-hydrogen) atoms. The number of aliphatic hydroxyl groups is 1. The fourth-order valence-electron chi connectivity index (χ4n) is 5.17. The number of likely N-dealkylation sites (tertiary alicyclic amines) is 2. The van der Waals surface area contributed by atoms with Crippen LogP contribution in [0, 0.1) is 5.41 Å². The van der Waals surface area contributed by atoms with Crippen LogP contribution >= 0.6 is 0 Å². The number of piperidine rings is 2. The highest BCUT2D eigenvalue weighted by Gasteiger charge is 2.46. The topological polar surface area (TPSA) is 110 Å². The third kappa shape index (κ3) is 6.13. The second kappa shape index (κ2) is 11.4. The molecule has 9 heteroatoms. The van der Waals surface area contributed by atoms with Crippen LogP contribution in [0.4, 0.5) is 5.95 Å². The molecule has 0 aliphatic carbocycles. The number of rotatable bonds is 5. The van der Waals surface area contributed by atoms with Crippen LogP contribution in [0.15, 0.2) is 18.5 Å². The smallest absolute Gasteiger partial charge is 0.290 e. The SMILES string of the molecule is O=C(CCCN1CCCC1)N1CCC[C@]2(C1)CN(c1ncccn1)CC[C@H]2O.O=CO. The maximum absolute atomic E-state index is 12.8. The number of hydrogen-bond acceptors (Lipinski definition) is 7. The quantitative estimate of drug-likeness (QED) is 0.668. The standard InChI is InChI=1S/C21H33N5O2.CH2O2/c27-18-7-15-26(20-22-9-5-10-23-20)17-21(18)8-4-14-25(16-21)19(28)6-3-13-24-11-1-2-12-24;2-1-3/h5,9-10,18,27H,1-4,6-8,11-17H2;1H,(H,2,3)/t18-,21+;/m1./s1. The van der Waals surface area contributed by atoms with E-state index in [4.69, 9.17) is 9.90 Å². The van der Waals surface area contributed by atoms with Gasteiger partial charge in [0.25, 0.3) is 6.47 Å². The highest BCUT2D eigenvalue weighted by molar-refractivity contribution is 5.76. The first-order chi connectivity index (χ1) is 15.1. The lowest BCUT2D eigenvalue weighted by Crippen LogP contribution is -2.60. The van der Waals surface area contributed by atoms with Crippen molar-refractivity contribution < 1.29 is 19.8 Å². The van der Waals surface area contributed by atoms with Crippen molar-refractivity contribution in [3.05, 3.63) is 18.5 Å². The predicted molar refractivity (Wildman–Crippen MR) is 117 cm³/mol. The van der Waals surface area contributed by atoms with Crippen molar-refractivity contribution in [2.24, 2.45) is 5.41 Å². The summed E-state index contributed by atoms with van der Waals surface area (Å²) in [5.41, 5.74) is -0.264. The van der Waals surface area contributed by atoms with Crippen molar-refractivity contribution >= 4 is 18.3 Å². The number of carboxylic acid groups (broad SMARTS) is 1. The monoisotopic (exact) mass is 433 g/mol. The largest absolute Gasteiger partial charge is 0.483 e. The maximum atomic E-state index is 12.8. The van der Waals surface area contributed by atoms with Crippen LogP contribution in [0.5, 0.6) is 0 Å². The molecule has 3 aliphatic rings. The van der Waals surface area contributed by atoms with E-state index in [2.05, 4.69) is 19.8 Å². The minimum Gasteiger partial charge on any atom is -0.483 e. The summed E-state index contributed by atoms with van der Waals surface area (Å²) in [6.45, 7) is 6.10. The van der Waals surface area contributed by atoms with Crippen molar-refractivity contribution in [1.82, 2.24) is 19.8 Å². The summed E-state index contributed by atoms with van der Waals surface area (Å²) in [6.07, 6.45) is 9.91. The molecule has 9 nitrogen and oxygen atoms in total. The van der Waals surface area contributed by atoms with Crippen LogP contribution in [-0.4, -0.2) is 94.3 Å². The van der Waals surface area contributed by atoms with Gasteiger partial charge < -0.3 is 24.9 Å². The lowest BCUT2D eigenvalue weighted by molar-refractivity contribution is -0.138. The molecule has 172 valence electrons. The normalized spacial score (nSPS) is 26.4. The number of amides is 1. The molecule has 0 bridgehead atoms. The second-order valence-corrected chi connectivity index (χ2v) is 8.81. The van der Waals surface area contributed by atoms with Gasteiger partial charge in [-0.3, -0.25) is 9.59 Å².